The number of carbonyl (C=O) groups is 2. The lowest BCUT2D eigenvalue weighted by Gasteiger charge is -2.32. The van der Waals surface area contributed by atoms with Crippen LogP contribution in [0.25, 0.3) is 11.1 Å². The molecule has 126 valence electrons. The Kier molecular flexibility index (Phi) is 4.97. The third-order valence-corrected chi connectivity index (χ3v) is 4.95. The standard InChI is InChI=1S/C18H19NO4S/c1-12-2-4-13(5-3-12)15-6-9-24-17(15)18(22)19-7-8-23-14(11-19)10-16(20)21/h2-6,9,14H,7-8,10-11H2,1H3,(H,20,21)/t14-/m0/s1. The Morgan fingerprint density at radius 2 is 2.04 bits per heavy atom. The van der Waals surface area contributed by atoms with Gasteiger partial charge in [0.25, 0.3) is 5.91 Å². The summed E-state index contributed by atoms with van der Waals surface area (Å²) in [5.41, 5.74) is 3.11. The van der Waals surface area contributed by atoms with Crippen molar-refractivity contribution >= 4 is 23.2 Å². The lowest BCUT2D eigenvalue weighted by molar-refractivity contribution is -0.141. The summed E-state index contributed by atoms with van der Waals surface area (Å²) in [6, 6.07) is 10.0. The highest BCUT2D eigenvalue weighted by molar-refractivity contribution is 7.12. The van der Waals surface area contributed by atoms with E-state index in [0.717, 1.165) is 11.1 Å². The molecule has 0 spiro atoms. The minimum absolute atomic E-state index is 0.0562. The Morgan fingerprint density at radius 1 is 1.29 bits per heavy atom. The number of carboxylic acids is 1. The Hall–Kier alpha value is -2.18. The van der Waals surface area contributed by atoms with Crippen molar-refractivity contribution in [3.8, 4) is 11.1 Å². The Labute approximate surface area is 144 Å². The molecule has 1 aromatic carbocycles. The van der Waals surface area contributed by atoms with E-state index in [1.807, 2.05) is 42.6 Å². The lowest BCUT2D eigenvalue weighted by atomic mass is 10.0. The Morgan fingerprint density at radius 3 is 2.75 bits per heavy atom. The average molecular weight is 345 g/mol. The van der Waals surface area contributed by atoms with Gasteiger partial charge in [0, 0.05) is 18.7 Å². The van der Waals surface area contributed by atoms with Crippen molar-refractivity contribution in [2.75, 3.05) is 19.7 Å². The fraction of sp³-hybridized carbons (Fsp3) is 0.333. The van der Waals surface area contributed by atoms with Crippen LogP contribution in [0, 0.1) is 6.92 Å². The molecule has 24 heavy (non-hydrogen) atoms. The van der Waals surface area contributed by atoms with Crippen molar-refractivity contribution < 1.29 is 19.4 Å². The number of hydrogen-bond acceptors (Lipinski definition) is 4. The van der Waals surface area contributed by atoms with Crippen molar-refractivity contribution in [3.05, 3.63) is 46.2 Å². The summed E-state index contributed by atoms with van der Waals surface area (Å²) in [6.07, 6.45) is -0.526. The van der Waals surface area contributed by atoms with Gasteiger partial charge in [-0.3, -0.25) is 9.59 Å². The summed E-state index contributed by atoms with van der Waals surface area (Å²) in [6.45, 7) is 3.20. The van der Waals surface area contributed by atoms with E-state index in [2.05, 4.69) is 0 Å². The highest BCUT2D eigenvalue weighted by atomic mass is 32.1. The molecule has 0 aliphatic carbocycles. The zero-order valence-corrected chi connectivity index (χ0v) is 14.2. The third kappa shape index (κ3) is 3.66. The average Bonchev–Trinajstić information content (AvgIpc) is 3.04. The van der Waals surface area contributed by atoms with Crippen LogP contribution in [0.4, 0.5) is 0 Å². The van der Waals surface area contributed by atoms with Gasteiger partial charge in [0.2, 0.25) is 0 Å². The number of aryl methyl sites for hydroxylation is 1. The molecular formula is C18H19NO4S. The predicted octanol–water partition coefficient (Wildman–Crippen LogP) is 3.04. The van der Waals surface area contributed by atoms with Gasteiger partial charge in [-0.25, -0.2) is 0 Å². The number of benzene rings is 1. The molecule has 0 saturated carbocycles. The molecule has 0 radical (unpaired) electrons. The first kappa shape index (κ1) is 16.7. The molecule has 1 aliphatic heterocycles. The van der Waals surface area contributed by atoms with E-state index in [1.165, 1.54) is 16.9 Å². The van der Waals surface area contributed by atoms with Crippen molar-refractivity contribution in [2.45, 2.75) is 19.4 Å². The summed E-state index contributed by atoms with van der Waals surface area (Å²) < 4.78 is 5.44. The topological polar surface area (TPSA) is 66.8 Å². The van der Waals surface area contributed by atoms with Gasteiger partial charge in [-0.05, 0) is 23.9 Å². The van der Waals surface area contributed by atoms with Crippen LogP contribution in [0.15, 0.2) is 35.7 Å². The van der Waals surface area contributed by atoms with Gasteiger partial charge in [-0.15, -0.1) is 11.3 Å². The van der Waals surface area contributed by atoms with Crippen molar-refractivity contribution in [2.24, 2.45) is 0 Å². The van der Waals surface area contributed by atoms with Gasteiger partial charge in [-0.1, -0.05) is 29.8 Å². The molecule has 1 atom stereocenters. The first-order valence-electron chi connectivity index (χ1n) is 7.82. The molecule has 1 saturated heterocycles. The van der Waals surface area contributed by atoms with Gasteiger partial charge < -0.3 is 14.7 Å². The van der Waals surface area contributed by atoms with E-state index in [1.54, 1.807) is 4.90 Å². The highest BCUT2D eigenvalue weighted by Crippen LogP contribution is 2.30. The highest BCUT2D eigenvalue weighted by Gasteiger charge is 2.28. The first-order valence-corrected chi connectivity index (χ1v) is 8.70. The van der Waals surface area contributed by atoms with Crippen LogP contribution < -0.4 is 0 Å². The minimum Gasteiger partial charge on any atom is -0.481 e. The van der Waals surface area contributed by atoms with E-state index in [0.29, 0.717) is 24.6 Å². The number of carbonyl (C=O) groups excluding carboxylic acids is 1. The second-order valence-electron chi connectivity index (χ2n) is 5.87. The van der Waals surface area contributed by atoms with E-state index in [9.17, 15) is 9.59 Å². The van der Waals surface area contributed by atoms with Crippen LogP contribution >= 0.6 is 11.3 Å². The van der Waals surface area contributed by atoms with E-state index in [-0.39, 0.29) is 12.3 Å². The number of thiophene rings is 1. The monoisotopic (exact) mass is 345 g/mol. The molecule has 2 heterocycles. The van der Waals surface area contributed by atoms with E-state index in [4.69, 9.17) is 9.84 Å². The van der Waals surface area contributed by atoms with Gasteiger partial charge in [0.1, 0.15) is 0 Å². The fourth-order valence-corrected chi connectivity index (χ4v) is 3.68. The number of nitrogens with zero attached hydrogens (tertiary/aromatic N) is 1. The molecule has 1 fully saturated rings. The quantitative estimate of drug-likeness (QED) is 0.925. The number of hydrogen-bond donors (Lipinski definition) is 1. The molecule has 3 rings (SSSR count). The number of aliphatic carboxylic acids is 1. The number of rotatable bonds is 4. The zero-order valence-electron chi connectivity index (χ0n) is 13.4. The van der Waals surface area contributed by atoms with Gasteiger partial charge in [-0.2, -0.15) is 0 Å². The Balaban J connectivity index is 1.79. The van der Waals surface area contributed by atoms with Crippen molar-refractivity contribution in [3.63, 3.8) is 0 Å². The molecule has 0 bridgehead atoms. The maximum atomic E-state index is 12.9. The smallest absolute Gasteiger partial charge is 0.306 e. The molecule has 1 aromatic heterocycles. The second kappa shape index (κ2) is 7.15. The fourth-order valence-electron chi connectivity index (χ4n) is 2.80. The summed E-state index contributed by atoms with van der Waals surface area (Å²) >= 11 is 1.42. The molecular weight excluding hydrogens is 326 g/mol. The van der Waals surface area contributed by atoms with E-state index >= 15 is 0 Å². The summed E-state index contributed by atoms with van der Waals surface area (Å²) in [5.74, 6) is -0.968. The summed E-state index contributed by atoms with van der Waals surface area (Å²) in [7, 11) is 0. The largest absolute Gasteiger partial charge is 0.481 e. The van der Waals surface area contributed by atoms with Gasteiger partial charge >= 0.3 is 5.97 Å². The number of morpholine rings is 1. The lowest BCUT2D eigenvalue weighted by Crippen LogP contribution is -2.46. The van der Waals surface area contributed by atoms with Crippen LogP contribution in [0.1, 0.15) is 21.7 Å². The molecule has 0 unspecified atom stereocenters. The van der Waals surface area contributed by atoms with Crippen LogP contribution in [-0.4, -0.2) is 47.7 Å². The molecule has 6 heteroatoms. The second-order valence-corrected chi connectivity index (χ2v) is 6.79. The SMILES string of the molecule is Cc1ccc(-c2ccsc2C(=O)N2CCO[C@@H](CC(=O)O)C2)cc1. The van der Waals surface area contributed by atoms with Crippen molar-refractivity contribution in [1.82, 2.24) is 4.90 Å². The number of amides is 1. The van der Waals surface area contributed by atoms with Crippen LogP contribution in [-0.2, 0) is 9.53 Å². The zero-order chi connectivity index (χ0) is 17.1. The van der Waals surface area contributed by atoms with E-state index < -0.39 is 12.1 Å². The van der Waals surface area contributed by atoms with Crippen molar-refractivity contribution in [1.29, 1.82) is 0 Å². The number of ether oxygens (including phenoxy) is 1. The van der Waals surface area contributed by atoms with Crippen LogP contribution in [0.3, 0.4) is 0 Å². The first-order chi connectivity index (χ1) is 11.5. The molecule has 1 amide bonds. The number of carboxylic acid groups (broad SMARTS) is 1. The molecule has 1 aliphatic rings. The van der Waals surface area contributed by atoms with Gasteiger partial charge in [0.05, 0.1) is 24.0 Å². The molecule has 2 aromatic rings. The molecule has 5 nitrogen and oxygen atoms in total. The summed E-state index contributed by atoms with van der Waals surface area (Å²) in [4.78, 5) is 26.1. The minimum atomic E-state index is -0.911. The summed E-state index contributed by atoms with van der Waals surface area (Å²) in [5, 5.41) is 10.8. The molecule has 1 N–H and O–H groups in total. The Bertz CT molecular complexity index is 738. The van der Waals surface area contributed by atoms with Gasteiger partial charge in [0.15, 0.2) is 0 Å². The third-order valence-electron chi connectivity index (χ3n) is 4.05. The maximum Gasteiger partial charge on any atom is 0.306 e. The van der Waals surface area contributed by atoms with Crippen LogP contribution in [0.2, 0.25) is 0 Å². The predicted molar refractivity (Wildman–Crippen MR) is 92.4 cm³/mol. The van der Waals surface area contributed by atoms with Crippen LogP contribution in [0.5, 0.6) is 0 Å². The maximum absolute atomic E-state index is 12.9. The normalized spacial score (nSPS) is 17.7.